The standard InChI is InChI=1S/C19H22N2O6S/c1-26-17-10-9-13(12-18(17)27-2)28(24,25)21-11-5-7-15(21)19(23)20-14-6-3-4-8-16(14)22/h3-4,6,8-10,12,15,22H,5,7,11H2,1-2H3,(H,20,23). The Balaban J connectivity index is 1.87. The van der Waals surface area contributed by atoms with Crippen LogP contribution in [0, 0.1) is 0 Å². The Labute approximate surface area is 163 Å². The average Bonchev–Trinajstić information content (AvgIpc) is 3.20. The van der Waals surface area contributed by atoms with E-state index in [1.807, 2.05) is 0 Å². The molecular weight excluding hydrogens is 384 g/mol. The number of sulfonamides is 1. The molecule has 0 aromatic heterocycles. The molecule has 8 nitrogen and oxygen atoms in total. The summed E-state index contributed by atoms with van der Waals surface area (Å²) in [5.74, 6) is 0.140. The highest BCUT2D eigenvalue weighted by Gasteiger charge is 2.39. The molecule has 1 aliphatic heterocycles. The van der Waals surface area contributed by atoms with E-state index in [1.165, 1.54) is 42.8 Å². The van der Waals surface area contributed by atoms with Gasteiger partial charge in [0.05, 0.1) is 24.8 Å². The predicted octanol–water partition coefficient (Wildman–Crippen LogP) is 2.20. The lowest BCUT2D eigenvalue weighted by molar-refractivity contribution is -0.119. The highest BCUT2D eigenvalue weighted by molar-refractivity contribution is 7.89. The van der Waals surface area contributed by atoms with Crippen LogP contribution in [0.25, 0.3) is 0 Å². The summed E-state index contributed by atoms with van der Waals surface area (Å²) in [7, 11) is -1.03. The summed E-state index contributed by atoms with van der Waals surface area (Å²) in [6.07, 6.45) is 0.956. The molecule has 28 heavy (non-hydrogen) atoms. The van der Waals surface area contributed by atoms with Crippen LogP contribution >= 0.6 is 0 Å². The minimum Gasteiger partial charge on any atom is -0.506 e. The van der Waals surface area contributed by atoms with Gasteiger partial charge < -0.3 is 19.9 Å². The summed E-state index contributed by atoms with van der Waals surface area (Å²) in [5.41, 5.74) is 0.239. The Kier molecular flexibility index (Phi) is 5.76. The molecule has 1 unspecified atom stereocenters. The summed E-state index contributed by atoms with van der Waals surface area (Å²) in [5, 5.41) is 12.4. The Morgan fingerprint density at radius 2 is 1.86 bits per heavy atom. The van der Waals surface area contributed by atoms with Crippen molar-refractivity contribution >= 4 is 21.6 Å². The number of nitrogens with zero attached hydrogens (tertiary/aromatic N) is 1. The number of benzene rings is 2. The first-order valence-electron chi connectivity index (χ1n) is 8.71. The highest BCUT2D eigenvalue weighted by atomic mass is 32.2. The largest absolute Gasteiger partial charge is 0.506 e. The van der Waals surface area contributed by atoms with Gasteiger partial charge in [0.1, 0.15) is 11.8 Å². The number of ether oxygens (including phenoxy) is 2. The van der Waals surface area contributed by atoms with E-state index in [0.29, 0.717) is 18.6 Å². The molecule has 9 heteroatoms. The minimum atomic E-state index is -3.92. The molecule has 2 aromatic rings. The van der Waals surface area contributed by atoms with Crippen molar-refractivity contribution in [3.05, 3.63) is 42.5 Å². The summed E-state index contributed by atoms with van der Waals surface area (Å²) < 4.78 is 37.8. The number of hydrogen-bond donors (Lipinski definition) is 2. The molecule has 1 amide bonds. The third-order valence-electron chi connectivity index (χ3n) is 4.63. The van der Waals surface area contributed by atoms with Crippen LogP contribution in [0.4, 0.5) is 5.69 Å². The van der Waals surface area contributed by atoms with Crippen molar-refractivity contribution in [2.45, 2.75) is 23.8 Å². The molecular formula is C19H22N2O6S. The SMILES string of the molecule is COc1ccc(S(=O)(=O)N2CCCC2C(=O)Nc2ccccc2O)cc1OC. The van der Waals surface area contributed by atoms with Crippen molar-refractivity contribution in [1.29, 1.82) is 0 Å². The van der Waals surface area contributed by atoms with Crippen LogP contribution in [0.3, 0.4) is 0 Å². The second kappa shape index (κ2) is 8.07. The average molecular weight is 406 g/mol. The van der Waals surface area contributed by atoms with Crippen LogP contribution in [0.2, 0.25) is 0 Å². The molecule has 0 spiro atoms. The molecule has 0 bridgehead atoms. The number of phenols is 1. The van der Waals surface area contributed by atoms with Gasteiger partial charge in [0.15, 0.2) is 11.5 Å². The highest BCUT2D eigenvalue weighted by Crippen LogP contribution is 2.33. The Morgan fingerprint density at radius 3 is 2.54 bits per heavy atom. The van der Waals surface area contributed by atoms with Crippen molar-refractivity contribution in [1.82, 2.24) is 4.31 Å². The van der Waals surface area contributed by atoms with Crippen molar-refractivity contribution in [2.24, 2.45) is 0 Å². The molecule has 1 saturated heterocycles. The summed E-state index contributed by atoms with van der Waals surface area (Å²) >= 11 is 0. The maximum atomic E-state index is 13.1. The van der Waals surface area contributed by atoms with Gasteiger partial charge in [-0.05, 0) is 37.1 Å². The number of aromatic hydroxyl groups is 1. The zero-order chi connectivity index (χ0) is 20.3. The lowest BCUT2D eigenvalue weighted by Gasteiger charge is -2.24. The van der Waals surface area contributed by atoms with E-state index >= 15 is 0 Å². The van der Waals surface area contributed by atoms with Gasteiger partial charge in [-0.25, -0.2) is 8.42 Å². The number of amides is 1. The number of methoxy groups -OCH3 is 2. The fraction of sp³-hybridized carbons (Fsp3) is 0.316. The van der Waals surface area contributed by atoms with Crippen LogP contribution in [0.1, 0.15) is 12.8 Å². The molecule has 2 N–H and O–H groups in total. The number of para-hydroxylation sites is 2. The van der Waals surface area contributed by atoms with E-state index in [4.69, 9.17) is 9.47 Å². The zero-order valence-corrected chi connectivity index (χ0v) is 16.4. The van der Waals surface area contributed by atoms with Gasteiger partial charge in [0, 0.05) is 12.6 Å². The predicted molar refractivity (Wildman–Crippen MR) is 103 cm³/mol. The van der Waals surface area contributed by atoms with Crippen molar-refractivity contribution < 1.29 is 27.8 Å². The monoisotopic (exact) mass is 406 g/mol. The molecule has 1 fully saturated rings. The maximum absolute atomic E-state index is 13.1. The topological polar surface area (TPSA) is 105 Å². The molecule has 0 radical (unpaired) electrons. The fourth-order valence-electron chi connectivity index (χ4n) is 3.20. The summed E-state index contributed by atoms with van der Waals surface area (Å²) in [6, 6.07) is 9.75. The lowest BCUT2D eigenvalue weighted by Crippen LogP contribution is -2.43. The van der Waals surface area contributed by atoms with E-state index in [2.05, 4.69) is 5.32 Å². The smallest absolute Gasteiger partial charge is 0.243 e. The molecule has 1 aliphatic rings. The molecule has 150 valence electrons. The van der Waals surface area contributed by atoms with Crippen molar-refractivity contribution in [2.75, 3.05) is 26.1 Å². The van der Waals surface area contributed by atoms with E-state index in [9.17, 15) is 18.3 Å². The van der Waals surface area contributed by atoms with Gasteiger partial charge in [-0.3, -0.25) is 4.79 Å². The van der Waals surface area contributed by atoms with Crippen LogP contribution in [-0.2, 0) is 14.8 Å². The van der Waals surface area contributed by atoms with Crippen LogP contribution in [0.15, 0.2) is 47.4 Å². The first-order valence-corrected chi connectivity index (χ1v) is 10.1. The van der Waals surface area contributed by atoms with Gasteiger partial charge in [0.25, 0.3) is 0 Å². The quantitative estimate of drug-likeness (QED) is 0.713. The van der Waals surface area contributed by atoms with Crippen LogP contribution < -0.4 is 14.8 Å². The number of carbonyl (C=O) groups is 1. The minimum absolute atomic E-state index is 0.0207. The van der Waals surface area contributed by atoms with Gasteiger partial charge in [-0.2, -0.15) is 4.31 Å². The maximum Gasteiger partial charge on any atom is 0.243 e. The normalized spacial score (nSPS) is 17.3. The lowest BCUT2D eigenvalue weighted by atomic mass is 10.2. The summed E-state index contributed by atoms with van der Waals surface area (Å²) in [4.78, 5) is 12.7. The molecule has 0 aliphatic carbocycles. The van der Waals surface area contributed by atoms with Gasteiger partial charge in [-0.15, -0.1) is 0 Å². The van der Waals surface area contributed by atoms with Crippen LogP contribution in [-0.4, -0.2) is 50.5 Å². The molecule has 1 heterocycles. The second-order valence-corrected chi connectivity index (χ2v) is 8.19. The fourth-order valence-corrected chi connectivity index (χ4v) is 4.87. The third-order valence-corrected chi connectivity index (χ3v) is 6.53. The van der Waals surface area contributed by atoms with E-state index in [0.717, 1.165) is 0 Å². The number of nitrogens with one attached hydrogen (secondary N) is 1. The number of hydrogen-bond acceptors (Lipinski definition) is 6. The van der Waals surface area contributed by atoms with E-state index in [1.54, 1.807) is 18.2 Å². The number of rotatable bonds is 6. The Hall–Kier alpha value is -2.78. The van der Waals surface area contributed by atoms with Crippen molar-refractivity contribution in [3.63, 3.8) is 0 Å². The molecule has 0 saturated carbocycles. The third kappa shape index (κ3) is 3.76. The molecule has 1 atom stereocenters. The Bertz CT molecular complexity index is 976. The van der Waals surface area contributed by atoms with Gasteiger partial charge >= 0.3 is 0 Å². The number of anilines is 1. The van der Waals surface area contributed by atoms with E-state index in [-0.39, 0.29) is 28.6 Å². The molecule has 3 rings (SSSR count). The van der Waals surface area contributed by atoms with Gasteiger partial charge in [-0.1, -0.05) is 12.1 Å². The first-order chi connectivity index (χ1) is 13.4. The van der Waals surface area contributed by atoms with Crippen molar-refractivity contribution in [3.8, 4) is 17.2 Å². The molecule has 2 aromatic carbocycles. The zero-order valence-electron chi connectivity index (χ0n) is 15.6. The summed E-state index contributed by atoms with van der Waals surface area (Å²) in [6.45, 7) is 0.232. The van der Waals surface area contributed by atoms with E-state index < -0.39 is 22.0 Å². The first kappa shape index (κ1) is 20.0. The number of phenolic OH excluding ortho intramolecular Hbond substituents is 1. The number of carbonyl (C=O) groups excluding carboxylic acids is 1. The van der Waals surface area contributed by atoms with Gasteiger partial charge in [0.2, 0.25) is 15.9 Å². The van der Waals surface area contributed by atoms with Crippen LogP contribution in [0.5, 0.6) is 17.2 Å². The Morgan fingerprint density at radius 1 is 1.14 bits per heavy atom. The second-order valence-electron chi connectivity index (χ2n) is 6.30.